The highest BCUT2D eigenvalue weighted by Crippen LogP contribution is 2.01. The van der Waals surface area contributed by atoms with Gasteiger partial charge < -0.3 is 10.3 Å². The molecule has 0 spiro atoms. The molecule has 0 unspecified atom stereocenters. The van der Waals surface area contributed by atoms with Gasteiger partial charge in [0.1, 0.15) is 0 Å². The van der Waals surface area contributed by atoms with Gasteiger partial charge >= 0.3 is 0 Å². The third-order valence-corrected chi connectivity index (χ3v) is 2.50. The second-order valence-corrected chi connectivity index (χ2v) is 3.64. The van der Waals surface area contributed by atoms with Crippen molar-refractivity contribution in [1.82, 2.24) is 15.0 Å². The average Bonchev–Trinajstić information content (AvgIpc) is 2.74. The SMILES string of the molecule is O=c1[nH]ccnc1NCCc1cscn1. The van der Waals surface area contributed by atoms with E-state index in [-0.39, 0.29) is 5.56 Å². The summed E-state index contributed by atoms with van der Waals surface area (Å²) in [7, 11) is 0. The zero-order valence-corrected chi connectivity index (χ0v) is 8.75. The number of thiazole rings is 1. The van der Waals surface area contributed by atoms with Crippen LogP contribution in [0.25, 0.3) is 0 Å². The molecule has 2 aromatic rings. The van der Waals surface area contributed by atoms with Crippen molar-refractivity contribution in [3.05, 3.63) is 39.3 Å². The van der Waals surface area contributed by atoms with E-state index in [9.17, 15) is 4.79 Å². The predicted octanol–water partition coefficient (Wildman–Crippen LogP) is 0.881. The summed E-state index contributed by atoms with van der Waals surface area (Å²) in [5.74, 6) is 0.354. The van der Waals surface area contributed by atoms with Gasteiger partial charge in [-0.15, -0.1) is 11.3 Å². The molecule has 0 fully saturated rings. The van der Waals surface area contributed by atoms with E-state index in [0.717, 1.165) is 12.1 Å². The van der Waals surface area contributed by atoms with Crippen LogP contribution < -0.4 is 10.9 Å². The van der Waals surface area contributed by atoms with Crippen molar-refractivity contribution in [2.24, 2.45) is 0 Å². The van der Waals surface area contributed by atoms with Gasteiger partial charge in [0.25, 0.3) is 5.56 Å². The number of hydrogen-bond donors (Lipinski definition) is 2. The summed E-state index contributed by atoms with van der Waals surface area (Å²) < 4.78 is 0. The van der Waals surface area contributed by atoms with E-state index in [4.69, 9.17) is 0 Å². The lowest BCUT2D eigenvalue weighted by Gasteiger charge is -2.01. The lowest BCUT2D eigenvalue weighted by atomic mass is 10.3. The molecular weight excluding hydrogens is 212 g/mol. The van der Waals surface area contributed by atoms with Gasteiger partial charge in [0.2, 0.25) is 0 Å². The minimum absolute atomic E-state index is 0.198. The number of rotatable bonds is 4. The lowest BCUT2D eigenvalue weighted by molar-refractivity contribution is 0.958. The van der Waals surface area contributed by atoms with E-state index >= 15 is 0 Å². The van der Waals surface area contributed by atoms with Crippen LogP contribution >= 0.6 is 11.3 Å². The minimum atomic E-state index is -0.198. The summed E-state index contributed by atoms with van der Waals surface area (Å²) in [6.45, 7) is 0.657. The van der Waals surface area contributed by atoms with Crippen LogP contribution in [0.1, 0.15) is 5.69 Å². The molecule has 2 heterocycles. The average molecular weight is 222 g/mol. The monoisotopic (exact) mass is 222 g/mol. The molecule has 6 heteroatoms. The molecule has 15 heavy (non-hydrogen) atoms. The fraction of sp³-hybridized carbons (Fsp3) is 0.222. The van der Waals surface area contributed by atoms with E-state index in [1.165, 1.54) is 6.20 Å². The van der Waals surface area contributed by atoms with Crippen molar-refractivity contribution < 1.29 is 0 Å². The third-order valence-electron chi connectivity index (χ3n) is 1.86. The molecule has 0 saturated heterocycles. The molecule has 0 aliphatic heterocycles. The summed E-state index contributed by atoms with van der Waals surface area (Å²) in [6.07, 6.45) is 3.85. The van der Waals surface area contributed by atoms with Crippen LogP contribution in [0.3, 0.4) is 0 Å². The molecule has 0 aliphatic rings. The normalized spacial score (nSPS) is 10.1. The Kier molecular flexibility index (Phi) is 3.08. The van der Waals surface area contributed by atoms with Gasteiger partial charge in [-0.1, -0.05) is 0 Å². The first kappa shape index (κ1) is 9.85. The van der Waals surface area contributed by atoms with Crippen molar-refractivity contribution in [3.63, 3.8) is 0 Å². The maximum atomic E-state index is 11.2. The van der Waals surface area contributed by atoms with Crippen LogP contribution in [0.2, 0.25) is 0 Å². The first-order valence-corrected chi connectivity index (χ1v) is 5.45. The number of nitrogens with zero attached hydrogens (tertiary/aromatic N) is 2. The Hall–Kier alpha value is -1.69. The summed E-state index contributed by atoms with van der Waals surface area (Å²) in [5, 5.41) is 4.95. The van der Waals surface area contributed by atoms with Gasteiger partial charge in [0.05, 0.1) is 11.2 Å². The van der Waals surface area contributed by atoms with E-state index in [1.807, 2.05) is 5.38 Å². The summed E-state index contributed by atoms with van der Waals surface area (Å²) in [5.41, 5.74) is 2.62. The van der Waals surface area contributed by atoms with Crippen LogP contribution in [0.15, 0.2) is 28.1 Å². The molecule has 0 atom stereocenters. The molecule has 2 rings (SSSR count). The first-order chi connectivity index (χ1) is 7.36. The molecule has 78 valence electrons. The van der Waals surface area contributed by atoms with Crippen LogP contribution in [-0.4, -0.2) is 21.5 Å². The van der Waals surface area contributed by atoms with Crippen molar-refractivity contribution in [3.8, 4) is 0 Å². The maximum Gasteiger partial charge on any atom is 0.290 e. The molecule has 0 saturated carbocycles. The quantitative estimate of drug-likeness (QED) is 0.805. The third kappa shape index (κ3) is 2.63. The molecule has 0 radical (unpaired) electrons. The predicted molar refractivity (Wildman–Crippen MR) is 59.2 cm³/mol. The molecule has 2 aromatic heterocycles. The number of anilines is 1. The van der Waals surface area contributed by atoms with E-state index < -0.39 is 0 Å². The fourth-order valence-electron chi connectivity index (χ4n) is 1.15. The van der Waals surface area contributed by atoms with Gasteiger partial charge in [-0.3, -0.25) is 4.79 Å². The van der Waals surface area contributed by atoms with Gasteiger partial charge in [-0.05, 0) is 0 Å². The molecular formula is C9H10N4OS. The molecule has 0 bridgehead atoms. The Morgan fingerprint density at radius 3 is 3.13 bits per heavy atom. The summed E-state index contributed by atoms with van der Waals surface area (Å²) in [6, 6.07) is 0. The highest BCUT2D eigenvalue weighted by molar-refractivity contribution is 7.07. The second-order valence-electron chi connectivity index (χ2n) is 2.92. The molecule has 0 amide bonds. The second kappa shape index (κ2) is 4.70. The topological polar surface area (TPSA) is 70.7 Å². The Balaban J connectivity index is 1.89. The van der Waals surface area contributed by atoms with E-state index in [0.29, 0.717) is 12.4 Å². The van der Waals surface area contributed by atoms with Gasteiger partial charge in [0.15, 0.2) is 5.82 Å². The van der Waals surface area contributed by atoms with Crippen LogP contribution in [-0.2, 0) is 6.42 Å². The molecule has 0 aromatic carbocycles. The Morgan fingerprint density at radius 2 is 2.40 bits per heavy atom. The van der Waals surface area contributed by atoms with Crippen LogP contribution in [0.4, 0.5) is 5.82 Å². The number of aromatic nitrogens is 3. The highest BCUT2D eigenvalue weighted by atomic mass is 32.1. The zero-order chi connectivity index (χ0) is 10.5. The largest absolute Gasteiger partial charge is 0.365 e. The minimum Gasteiger partial charge on any atom is -0.365 e. The standard InChI is InChI=1S/C9H10N4OS/c14-9-8(11-3-4-12-9)10-2-1-7-5-15-6-13-7/h3-6H,1-2H2,(H,10,11)(H,12,14). The van der Waals surface area contributed by atoms with E-state index in [2.05, 4.69) is 20.3 Å². The zero-order valence-electron chi connectivity index (χ0n) is 7.93. The Morgan fingerprint density at radius 1 is 1.47 bits per heavy atom. The molecule has 0 aliphatic carbocycles. The van der Waals surface area contributed by atoms with Gasteiger partial charge in [-0.25, -0.2) is 9.97 Å². The number of hydrogen-bond acceptors (Lipinski definition) is 5. The number of aromatic amines is 1. The van der Waals surface area contributed by atoms with Crippen molar-refractivity contribution >= 4 is 17.2 Å². The van der Waals surface area contributed by atoms with Gasteiger partial charge in [0, 0.05) is 30.7 Å². The lowest BCUT2D eigenvalue weighted by Crippen LogP contribution is -2.17. The molecule has 2 N–H and O–H groups in total. The number of H-pyrrole nitrogens is 1. The van der Waals surface area contributed by atoms with Crippen LogP contribution in [0, 0.1) is 0 Å². The molecule has 5 nitrogen and oxygen atoms in total. The Labute approximate surface area is 90.2 Å². The highest BCUT2D eigenvalue weighted by Gasteiger charge is 1.99. The van der Waals surface area contributed by atoms with Crippen molar-refractivity contribution in [2.45, 2.75) is 6.42 Å². The van der Waals surface area contributed by atoms with Crippen molar-refractivity contribution in [1.29, 1.82) is 0 Å². The first-order valence-electron chi connectivity index (χ1n) is 4.51. The van der Waals surface area contributed by atoms with Gasteiger partial charge in [-0.2, -0.15) is 0 Å². The summed E-state index contributed by atoms with van der Waals surface area (Å²) >= 11 is 1.57. The van der Waals surface area contributed by atoms with Crippen molar-refractivity contribution in [2.75, 3.05) is 11.9 Å². The van der Waals surface area contributed by atoms with E-state index in [1.54, 1.807) is 23.0 Å². The fourth-order valence-corrected chi connectivity index (χ4v) is 1.74. The Bertz CT molecular complexity index is 465. The summed E-state index contributed by atoms with van der Waals surface area (Å²) in [4.78, 5) is 21.8. The van der Waals surface area contributed by atoms with Crippen LogP contribution in [0.5, 0.6) is 0 Å². The smallest absolute Gasteiger partial charge is 0.290 e. The maximum absolute atomic E-state index is 11.2. The number of nitrogens with one attached hydrogen (secondary N) is 2.